The van der Waals surface area contributed by atoms with Gasteiger partial charge in [0.2, 0.25) is 0 Å². The van der Waals surface area contributed by atoms with E-state index in [1.165, 1.54) is 51.4 Å². The highest BCUT2D eigenvalue weighted by Gasteiger charge is 2.06. The number of aliphatic hydroxyl groups excluding tert-OH is 2. The number of ether oxygens (including phenoxy) is 1. The molecule has 0 aromatic carbocycles. The molecule has 0 aliphatic carbocycles. The van der Waals surface area contributed by atoms with Gasteiger partial charge in [-0.1, -0.05) is 64.0 Å². The van der Waals surface area contributed by atoms with Crippen LogP contribution in [-0.4, -0.2) is 35.5 Å². The van der Waals surface area contributed by atoms with Crippen molar-refractivity contribution < 1.29 is 19.7 Å². The van der Waals surface area contributed by atoms with Crippen LogP contribution >= 0.6 is 0 Å². The van der Waals surface area contributed by atoms with Crippen molar-refractivity contribution in [1.82, 2.24) is 0 Å². The molecule has 0 aromatic rings. The first-order valence-corrected chi connectivity index (χ1v) is 10.8. The maximum Gasteiger partial charge on any atom is 0.305 e. The predicted molar refractivity (Wildman–Crippen MR) is 108 cm³/mol. The number of rotatable bonds is 19. The average Bonchev–Trinajstić information content (AvgIpc) is 2.65. The zero-order chi connectivity index (χ0) is 19.3. The van der Waals surface area contributed by atoms with Gasteiger partial charge in [-0.15, -0.1) is 0 Å². The van der Waals surface area contributed by atoms with E-state index in [1.807, 2.05) is 6.92 Å². The van der Waals surface area contributed by atoms with E-state index in [1.54, 1.807) is 0 Å². The minimum absolute atomic E-state index is 0.130. The molecule has 1 unspecified atom stereocenters. The normalized spacial score (nSPS) is 12.6. The Morgan fingerprint density at radius 3 is 1.88 bits per heavy atom. The van der Waals surface area contributed by atoms with Crippen molar-refractivity contribution in [3.05, 3.63) is 12.2 Å². The maximum atomic E-state index is 11.5. The van der Waals surface area contributed by atoms with E-state index in [-0.39, 0.29) is 12.6 Å². The molecular weight excluding hydrogens is 328 g/mol. The van der Waals surface area contributed by atoms with Crippen LogP contribution in [0.3, 0.4) is 0 Å². The van der Waals surface area contributed by atoms with Crippen LogP contribution in [0.1, 0.15) is 103 Å². The Morgan fingerprint density at radius 1 is 0.846 bits per heavy atom. The molecule has 0 aliphatic rings. The van der Waals surface area contributed by atoms with E-state index in [0.717, 1.165) is 32.1 Å². The SMILES string of the molecule is CCC(O)COC(=O)CCCCCCC/C=C/CCCCCCCCO. The van der Waals surface area contributed by atoms with E-state index >= 15 is 0 Å². The molecule has 0 amide bonds. The minimum atomic E-state index is -0.524. The highest BCUT2D eigenvalue weighted by atomic mass is 16.5. The summed E-state index contributed by atoms with van der Waals surface area (Å²) in [7, 11) is 0. The fourth-order valence-corrected chi connectivity index (χ4v) is 2.76. The van der Waals surface area contributed by atoms with Gasteiger partial charge in [0, 0.05) is 13.0 Å². The van der Waals surface area contributed by atoms with E-state index in [9.17, 15) is 9.90 Å². The van der Waals surface area contributed by atoms with Crippen LogP contribution < -0.4 is 0 Å². The van der Waals surface area contributed by atoms with Gasteiger partial charge in [0.1, 0.15) is 6.61 Å². The lowest BCUT2D eigenvalue weighted by Gasteiger charge is -2.08. The second-order valence-corrected chi connectivity index (χ2v) is 7.16. The van der Waals surface area contributed by atoms with Crippen LogP contribution in [0.25, 0.3) is 0 Å². The van der Waals surface area contributed by atoms with Crippen molar-refractivity contribution >= 4 is 5.97 Å². The number of hydrogen-bond acceptors (Lipinski definition) is 4. The van der Waals surface area contributed by atoms with E-state index < -0.39 is 6.10 Å². The molecule has 4 nitrogen and oxygen atoms in total. The minimum Gasteiger partial charge on any atom is -0.463 e. The topological polar surface area (TPSA) is 66.8 Å². The Kier molecular flexibility index (Phi) is 19.8. The molecule has 0 saturated heterocycles. The summed E-state index contributed by atoms with van der Waals surface area (Å²) < 4.78 is 5.01. The predicted octanol–water partition coefficient (Wildman–Crippen LogP) is 5.31. The van der Waals surface area contributed by atoms with Gasteiger partial charge in [0.05, 0.1) is 6.10 Å². The molecule has 0 aromatic heterocycles. The number of aliphatic hydroxyl groups is 2. The van der Waals surface area contributed by atoms with Crippen molar-refractivity contribution in [2.75, 3.05) is 13.2 Å². The summed E-state index contributed by atoms with van der Waals surface area (Å²) in [5.41, 5.74) is 0. The van der Waals surface area contributed by atoms with Gasteiger partial charge in [-0.2, -0.15) is 0 Å². The summed E-state index contributed by atoms with van der Waals surface area (Å²) in [6.45, 7) is 2.33. The molecular formula is C22H42O4. The summed E-state index contributed by atoms with van der Waals surface area (Å²) in [5.74, 6) is -0.186. The third-order valence-corrected chi connectivity index (χ3v) is 4.61. The molecule has 2 N–H and O–H groups in total. The number of esters is 1. The molecule has 0 rings (SSSR count). The third-order valence-electron chi connectivity index (χ3n) is 4.61. The molecule has 0 saturated carbocycles. The highest BCUT2D eigenvalue weighted by Crippen LogP contribution is 2.10. The van der Waals surface area contributed by atoms with Crippen LogP contribution in [0.15, 0.2) is 12.2 Å². The summed E-state index contributed by atoms with van der Waals surface area (Å²) >= 11 is 0. The second-order valence-electron chi connectivity index (χ2n) is 7.16. The van der Waals surface area contributed by atoms with Gasteiger partial charge in [-0.25, -0.2) is 0 Å². The fraction of sp³-hybridized carbons (Fsp3) is 0.864. The molecule has 0 radical (unpaired) electrons. The van der Waals surface area contributed by atoms with Crippen molar-refractivity contribution in [2.24, 2.45) is 0 Å². The number of hydrogen-bond donors (Lipinski definition) is 2. The molecule has 1 atom stereocenters. The molecule has 26 heavy (non-hydrogen) atoms. The van der Waals surface area contributed by atoms with Gasteiger partial charge in [0.25, 0.3) is 0 Å². The summed E-state index contributed by atoms with van der Waals surface area (Å²) in [6, 6.07) is 0. The zero-order valence-electron chi connectivity index (χ0n) is 17.0. The van der Waals surface area contributed by atoms with Gasteiger partial charge in [0.15, 0.2) is 0 Å². The number of carbonyl (C=O) groups is 1. The Bertz CT molecular complexity index is 328. The Hall–Kier alpha value is -0.870. The number of unbranched alkanes of at least 4 members (excludes halogenated alkanes) is 11. The second kappa shape index (κ2) is 20.4. The first-order valence-electron chi connectivity index (χ1n) is 10.8. The molecule has 154 valence electrons. The quantitative estimate of drug-likeness (QED) is 0.184. The van der Waals surface area contributed by atoms with Gasteiger partial charge in [-0.05, 0) is 44.9 Å². The third kappa shape index (κ3) is 19.5. The molecule has 0 fully saturated rings. The van der Waals surface area contributed by atoms with Gasteiger partial charge in [-0.3, -0.25) is 4.79 Å². The molecule has 4 heteroatoms. The summed E-state index contributed by atoms with van der Waals surface area (Å²) in [6.07, 6.45) is 20.4. The van der Waals surface area contributed by atoms with Crippen molar-refractivity contribution in [3.63, 3.8) is 0 Å². The highest BCUT2D eigenvalue weighted by molar-refractivity contribution is 5.69. The van der Waals surface area contributed by atoms with Crippen LogP contribution in [-0.2, 0) is 9.53 Å². The number of allylic oxidation sites excluding steroid dienone is 2. The van der Waals surface area contributed by atoms with Crippen LogP contribution in [0.4, 0.5) is 0 Å². The summed E-state index contributed by atoms with van der Waals surface area (Å²) in [4.78, 5) is 11.5. The monoisotopic (exact) mass is 370 g/mol. The molecule has 0 bridgehead atoms. The maximum absolute atomic E-state index is 11.5. The molecule has 0 aliphatic heterocycles. The smallest absolute Gasteiger partial charge is 0.305 e. The largest absolute Gasteiger partial charge is 0.463 e. The van der Waals surface area contributed by atoms with Crippen molar-refractivity contribution in [3.8, 4) is 0 Å². The Morgan fingerprint density at radius 2 is 1.35 bits per heavy atom. The standard InChI is InChI=1S/C22H42O4/c1-2-21(24)20-26-22(25)18-16-14-12-10-8-6-4-3-5-7-9-11-13-15-17-19-23/h3-4,21,23-24H,2,5-20H2,1H3/b4-3+. The Balaban J connectivity index is 3.22. The summed E-state index contributed by atoms with van der Waals surface area (Å²) in [5, 5.41) is 18.0. The van der Waals surface area contributed by atoms with Crippen molar-refractivity contribution in [2.45, 2.75) is 109 Å². The molecule has 0 spiro atoms. The lowest BCUT2D eigenvalue weighted by molar-refractivity contribution is -0.146. The lowest BCUT2D eigenvalue weighted by atomic mass is 10.1. The number of carbonyl (C=O) groups excluding carboxylic acids is 1. The zero-order valence-corrected chi connectivity index (χ0v) is 17.0. The van der Waals surface area contributed by atoms with E-state index in [4.69, 9.17) is 9.84 Å². The van der Waals surface area contributed by atoms with Gasteiger partial charge < -0.3 is 14.9 Å². The first-order chi connectivity index (χ1) is 12.7. The fourth-order valence-electron chi connectivity index (χ4n) is 2.76. The first kappa shape index (κ1) is 25.1. The average molecular weight is 371 g/mol. The van der Waals surface area contributed by atoms with Crippen molar-refractivity contribution in [1.29, 1.82) is 0 Å². The van der Waals surface area contributed by atoms with Crippen LogP contribution in [0.2, 0.25) is 0 Å². The Labute approximate surface area is 161 Å². The van der Waals surface area contributed by atoms with Crippen LogP contribution in [0, 0.1) is 0 Å². The molecule has 0 heterocycles. The van der Waals surface area contributed by atoms with E-state index in [0.29, 0.717) is 19.4 Å². The van der Waals surface area contributed by atoms with Gasteiger partial charge >= 0.3 is 5.97 Å². The van der Waals surface area contributed by atoms with Crippen LogP contribution in [0.5, 0.6) is 0 Å². The van der Waals surface area contributed by atoms with E-state index in [2.05, 4.69) is 12.2 Å². The lowest BCUT2D eigenvalue weighted by Crippen LogP contribution is -2.17.